The number of anilines is 1. The number of hydrogen-bond donors (Lipinski definition) is 1. The van der Waals surface area contributed by atoms with E-state index in [0.717, 1.165) is 23.1 Å². The van der Waals surface area contributed by atoms with Crippen molar-refractivity contribution in [2.75, 3.05) is 5.73 Å². The fraction of sp³-hybridized carbons (Fsp3) is 0.250. The Labute approximate surface area is 128 Å². The Kier molecular flexibility index (Phi) is 3.47. The van der Waals surface area contributed by atoms with Crippen molar-refractivity contribution < 1.29 is 0 Å². The molecular formula is C16H16N6. The lowest BCUT2D eigenvalue weighted by Gasteiger charge is -2.13. The van der Waals surface area contributed by atoms with Crippen molar-refractivity contribution in [3.63, 3.8) is 0 Å². The van der Waals surface area contributed by atoms with Gasteiger partial charge < -0.3 is 10.3 Å². The normalized spacial score (nSPS) is 12.2. The Bertz CT molecular complexity index is 874. The van der Waals surface area contributed by atoms with Crippen molar-refractivity contribution in [2.45, 2.75) is 26.3 Å². The van der Waals surface area contributed by atoms with E-state index in [1.54, 1.807) is 6.20 Å². The molecule has 22 heavy (non-hydrogen) atoms. The van der Waals surface area contributed by atoms with Gasteiger partial charge in [0.1, 0.15) is 11.7 Å². The molecule has 110 valence electrons. The quantitative estimate of drug-likeness (QED) is 0.800. The highest BCUT2D eigenvalue weighted by Crippen LogP contribution is 2.28. The number of fused-ring (bicyclic) bond motifs is 1. The Morgan fingerprint density at radius 1 is 1.32 bits per heavy atom. The van der Waals surface area contributed by atoms with E-state index in [1.807, 2.05) is 42.7 Å². The highest BCUT2D eigenvalue weighted by molar-refractivity contribution is 5.76. The van der Waals surface area contributed by atoms with Gasteiger partial charge in [0.2, 0.25) is 5.95 Å². The number of para-hydroxylation sites is 2. The molecular weight excluding hydrogens is 276 g/mol. The van der Waals surface area contributed by atoms with Crippen LogP contribution in [0.2, 0.25) is 0 Å². The van der Waals surface area contributed by atoms with Gasteiger partial charge in [0.15, 0.2) is 0 Å². The van der Waals surface area contributed by atoms with Crippen LogP contribution in [-0.4, -0.2) is 19.5 Å². The lowest BCUT2D eigenvalue weighted by molar-refractivity contribution is 0.702. The summed E-state index contributed by atoms with van der Waals surface area (Å²) in [7, 11) is 0. The van der Waals surface area contributed by atoms with E-state index in [9.17, 15) is 5.26 Å². The summed E-state index contributed by atoms with van der Waals surface area (Å²) in [6, 6.07) is 10.2. The number of nitrogen functional groups attached to an aromatic ring is 1. The van der Waals surface area contributed by atoms with Crippen LogP contribution >= 0.6 is 0 Å². The molecule has 1 aromatic carbocycles. The van der Waals surface area contributed by atoms with Gasteiger partial charge in [-0.05, 0) is 31.5 Å². The van der Waals surface area contributed by atoms with Crippen molar-refractivity contribution in [2.24, 2.45) is 0 Å². The van der Waals surface area contributed by atoms with Gasteiger partial charge in [-0.2, -0.15) is 5.26 Å². The largest absolute Gasteiger partial charge is 0.368 e. The topological polar surface area (TPSA) is 93.4 Å². The molecule has 3 aromatic rings. The zero-order valence-corrected chi connectivity index (χ0v) is 12.5. The summed E-state index contributed by atoms with van der Waals surface area (Å²) in [5, 5.41) is 9.69. The Balaban J connectivity index is 2.24. The van der Waals surface area contributed by atoms with Gasteiger partial charge in [0.05, 0.1) is 22.8 Å². The highest BCUT2D eigenvalue weighted by atomic mass is 15.1. The molecule has 0 radical (unpaired) electrons. The molecule has 2 N–H and O–H groups in total. The van der Waals surface area contributed by atoms with Gasteiger partial charge >= 0.3 is 0 Å². The summed E-state index contributed by atoms with van der Waals surface area (Å²) in [5.41, 5.74) is 9.01. The fourth-order valence-corrected chi connectivity index (χ4v) is 2.65. The molecule has 2 heterocycles. The van der Waals surface area contributed by atoms with Gasteiger partial charge in [-0.25, -0.2) is 15.0 Å². The van der Waals surface area contributed by atoms with Crippen molar-refractivity contribution in [1.82, 2.24) is 19.5 Å². The molecule has 0 saturated heterocycles. The molecule has 3 rings (SSSR count). The van der Waals surface area contributed by atoms with E-state index in [-0.39, 0.29) is 5.95 Å². The van der Waals surface area contributed by atoms with Gasteiger partial charge in [0, 0.05) is 12.7 Å². The lowest BCUT2D eigenvalue weighted by atomic mass is 10.0. The van der Waals surface area contributed by atoms with Crippen molar-refractivity contribution in [3.05, 3.63) is 47.5 Å². The number of nitrogens with zero attached hydrogens (tertiary/aromatic N) is 5. The molecule has 0 fully saturated rings. The van der Waals surface area contributed by atoms with Crippen LogP contribution in [0.25, 0.3) is 11.0 Å². The van der Waals surface area contributed by atoms with Crippen molar-refractivity contribution >= 4 is 17.0 Å². The summed E-state index contributed by atoms with van der Waals surface area (Å²) in [6.07, 6.45) is 1.64. The summed E-state index contributed by atoms with van der Waals surface area (Å²) < 4.78 is 2.04. The molecule has 0 aliphatic heterocycles. The van der Waals surface area contributed by atoms with Gasteiger partial charge in [-0.15, -0.1) is 0 Å². The Morgan fingerprint density at radius 2 is 2.09 bits per heavy atom. The van der Waals surface area contributed by atoms with E-state index >= 15 is 0 Å². The van der Waals surface area contributed by atoms with Crippen LogP contribution in [0.1, 0.15) is 29.9 Å². The molecule has 2 aromatic heterocycles. The van der Waals surface area contributed by atoms with Gasteiger partial charge in [0.25, 0.3) is 0 Å². The molecule has 0 spiro atoms. The van der Waals surface area contributed by atoms with Crippen LogP contribution in [0, 0.1) is 18.3 Å². The fourth-order valence-electron chi connectivity index (χ4n) is 2.65. The number of aryl methyl sites for hydroxylation is 2. The van der Waals surface area contributed by atoms with Crippen LogP contribution in [-0.2, 0) is 6.54 Å². The second-order valence-corrected chi connectivity index (χ2v) is 5.06. The molecule has 0 aliphatic carbocycles. The first-order chi connectivity index (χ1) is 10.7. The monoisotopic (exact) mass is 292 g/mol. The number of aromatic nitrogens is 4. The maximum absolute atomic E-state index is 9.69. The van der Waals surface area contributed by atoms with Gasteiger partial charge in [-0.3, -0.25) is 0 Å². The predicted molar refractivity (Wildman–Crippen MR) is 84.0 cm³/mol. The van der Waals surface area contributed by atoms with Crippen molar-refractivity contribution in [3.8, 4) is 6.07 Å². The van der Waals surface area contributed by atoms with E-state index in [4.69, 9.17) is 5.73 Å². The SMILES string of the molecule is CCn1c(C(C#N)c2nc(N)ncc2C)nc2ccccc21. The second-order valence-electron chi connectivity index (χ2n) is 5.06. The first-order valence-electron chi connectivity index (χ1n) is 7.09. The number of hydrogen-bond acceptors (Lipinski definition) is 5. The minimum Gasteiger partial charge on any atom is -0.368 e. The maximum Gasteiger partial charge on any atom is 0.220 e. The number of imidazole rings is 1. The average Bonchev–Trinajstić information content (AvgIpc) is 2.89. The number of benzene rings is 1. The van der Waals surface area contributed by atoms with Crippen LogP contribution in [0.3, 0.4) is 0 Å². The van der Waals surface area contributed by atoms with Crippen molar-refractivity contribution in [1.29, 1.82) is 5.26 Å². The molecule has 6 heteroatoms. The molecule has 0 saturated carbocycles. The summed E-state index contributed by atoms with van der Waals surface area (Å²) >= 11 is 0. The lowest BCUT2D eigenvalue weighted by Crippen LogP contribution is -2.12. The minimum atomic E-state index is -0.572. The number of nitriles is 1. The highest BCUT2D eigenvalue weighted by Gasteiger charge is 2.24. The zero-order chi connectivity index (χ0) is 15.7. The molecule has 6 nitrogen and oxygen atoms in total. The summed E-state index contributed by atoms with van der Waals surface area (Å²) in [4.78, 5) is 12.9. The number of rotatable bonds is 3. The maximum atomic E-state index is 9.69. The molecule has 0 bridgehead atoms. The molecule has 1 atom stereocenters. The average molecular weight is 292 g/mol. The first kappa shape index (κ1) is 14.0. The van der Waals surface area contributed by atoms with E-state index < -0.39 is 5.92 Å². The van der Waals surface area contributed by atoms with E-state index in [0.29, 0.717) is 11.5 Å². The summed E-state index contributed by atoms with van der Waals surface area (Å²) in [5.74, 6) is 0.282. The van der Waals surface area contributed by atoms with E-state index in [1.165, 1.54) is 0 Å². The molecule has 0 amide bonds. The first-order valence-corrected chi connectivity index (χ1v) is 7.09. The van der Waals surface area contributed by atoms with Gasteiger partial charge in [-0.1, -0.05) is 12.1 Å². The predicted octanol–water partition coefficient (Wildman–Crippen LogP) is 2.39. The van der Waals surface area contributed by atoms with E-state index in [2.05, 4.69) is 21.0 Å². The minimum absolute atomic E-state index is 0.167. The zero-order valence-electron chi connectivity index (χ0n) is 12.5. The summed E-state index contributed by atoms with van der Waals surface area (Å²) in [6.45, 7) is 4.64. The Hall–Kier alpha value is -2.94. The van der Waals surface area contributed by atoms with Crippen LogP contribution in [0.15, 0.2) is 30.5 Å². The van der Waals surface area contributed by atoms with Crippen LogP contribution in [0.4, 0.5) is 5.95 Å². The van der Waals surface area contributed by atoms with Crippen LogP contribution < -0.4 is 5.73 Å². The molecule has 0 aliphatic rings. The molecule has 1 unspecified atom stereocenters. The van der Waals surface area contributed by atoms with Crippen LogP contribution in [0.5, 0.6) is 0 Å². The third kappa shape index (κ3) is 2.17. The number of nitrogens with two attached hydrogens (primary N) is 1. The second kappa shape index (κ2) is 5.45. The third-order valence-corrected chi connectivity index (χ3v) is 3.69. The Morgan fingerprint density at radius 3 is 2.82 bits per heavy atom. The standard InChI is InChI=1S/C16H16N6/c1-3-22-13-7-5-4-6-12(13)20-15(22)11(8-17)14-10(2)9-19-16(18)21-14/h4-7,9,11H,3H2,1-2H3,(H2,18,19,21). The third-order valence-electron chi connectivity index (χ3n) is 3.69. The smallest absolute Gasteiger partial charge is 0.220 e.